The summed E-state index contributed by atoms with van der Waals surface area (Å²) in [6, 6.07) is 0. The van der Waals surface area contributed by atoms with Gasteiger partial charge in [-0.15, -0.1) is 0 Å². The molecule has 0 aromatic heterocycles. The maximum Gasteiger partial charge on any atom is 0.121 e. The minimum absolute atomic E-state index is 0.00858. The van der Waals surface area contributed by atoms with Crippen molar-refractivity contribution >= 4 is 0 Å². The van der Waals surface area contributed by atoms with Crippen LogP contribution < -0.4 is 0 Å². The van der Waals surface area contributed by atoms with Crippen LogP contribution in [-0.4, -0.2) is 42.7 Å². The summed E-state index contributed by atoms with van der Waals surface area (Å²) in [6.07, 6.45) is 8.74. The molecule has 0 saturated carbocycles. The van der Waals surface area contributed by atoms with E-state index in [-0.39, 0.29) is 18.3 Å². The van der Waals surface area contributed by atoms with Gasteiger partial charge in [-0.25, -0.2) is 0 Å². The first-order chi connectivity index (χ1) is 13.2. The summed E-state index contributed by atoms with van der Waals surface area (Å²) in [5.74, 6) is 1.74. The van der Waals surface area contributed by atoms with Crippen LogP contribution in [0.1, 0.15) is 54.4 Å². The smallest absolute Gasteiger partial charge is 0.121 e. The van der Waals surface area contributed by atoms with Crippen molar-refractivity contribution < 1.29 is 19.3 Å². The van der Waals surface area contributed by atoms with E-state index in [1.807, 2.05) is 6.92 Å². The Hall–Kier alpha value is -1.36. The molecule has 1 heterocycles. The lowest BCUT2D eigenvalue weighted by atomic mass is 9.79. The molecule has 0 bridgehead atoms. The topological polar surface area (TPSA) is 51.2 Å². The van der Waals surface area contributed by atoms with Gasteiger partial charge in [-0.1, -0.05) is 25.2 Å². The monoisotopic (exact) mass is 388 g/mol. The standard InChI is InChI=1S/C24H36O4/c1-14-7-20(8-15(2)23(14)27-13-22-12-26-22)21-9-16(3)24(17(4)10-21)28-19(6)11-18(5)25/h7-9,14,18-19,21-23,25H,10-13H2,1-6H3. The van der Waals surface area contributed by atoms with Crippen LogP contribution in [0.4, 0.5) is 0 Å². The number of allylic oxidation sites excluding steroid dienone is 5. The number of ether oxygens (including phenoxy) is 3. The zero-order valence-corrected chi connectivity index (χ0v) is 18.2. The Kier molecular flexibility index (Phi) is 6.85. The molecular weight excluding hydrogens is 352 g/mol. The highest BCUT2D eigenvalue weighted by Crippen LogP contribution is 2.38. The quantitative estimate of drug-likeness (QED) is 0.612. The fourth-order valence-electron chi connectivity index (χ4n) is 4.42. The van der Waals surface area contributed by atoms with Crippen molar-refractivity contribution in [2.45, 2.75) is 78.8 Å². The maximum absolute atomic E-state index is 9.60. The van der Waals surface area contributed by atoms with Gasteiger partial charge in [-0.3, -0.25) is 0 Å². The van der Waals surface area contributed by atoms with E-state index < -0.39 is 0 Å². The van der Waals surface area contributed by atoms with Gasteiger partial charge in [0.2, 0.25) is 0 Å². The molecule has 3 rings (SSSR count). The molecule has 0 aromatic rings. The Morgan fingerprint density at radius 2 is 1.93 bits per heavy atom. The first-order valence-corrected chi connectivity index (χ1v) is 10.6. The zero-order valence-electron chi connectivity index (χ0n) is 18.2. The van der Waals surface area contributed by atoms with Gasteiger partial charge in [0, 0.05) is 18.3 Å². The summed E-state index contributed by atoms with van der Waals surface area (Å²) in [6.45, 7) is 14.1. The Balaban J connectivity index is 1.66. The number of hydrogen-bond acceptors (Lipinski definition) is 4. The molecule has 28 heavy (non-hydrogen) atoms. The van der Waals surface area contributed by atoms with Gasteiger partial charge in [0.15, 0.2) is 0 Å². The largest absolute Gasteiger partial charge is 0.490 e. The second kappa shape index (κ2) is 8.98. The van der Waals surface area contributed by atoms with Gasteiger partial charge < -0.3 is 19.3 Å². The highest BCUT2D eigenvalue weighted by atomic mass is 16.6. The van der Waals surface area contributed by atoms with E-state index >= 15 is 0 Å². The highest BCUT2D eigenvalue weighted by Gasteiger charge is 2.30. The summed E-state index contributed by atoms with van der Waals surface area (Å²) >= 11 is 0. The van der Waals surface area contributed by atoms with Crippen molar-refractivity contribution in [2.24, 2.45) is 11.8 Å². The molecule has 0 amide bonds. The molecule has 0 radical (unpaired) electrons. The van der Waals surface area contributed by atoms with Crippen LogP contribution in [0.5, 0.6) is 0 Å². The summed E-state index contributed by atoms with van der Waals surface area (Å²) in [5, 5.41) is 9.60. The Morgan fingerprint density at radius 3 is 2.50 bits per heavy atom. The third kappa shape index (κ3) is 5.37. The molecular formula is C24H36O4. The number of aliphatic hydroxyl groups is 1. The average molecular weight is 389 g/mol. The molecule has 4 heteroatoms. The highest BCUT2D eigenvalue weighted by molar-refractivity contribution is 5.42. The molecule has 0 aromatic carbocycles. The van der Waals surface area contributed by atoms with E-state index in [4.69, 9.17) is 14.2 Å². The molecule has 0 spiro atoms. The van der Waals surface area contributed by atoms with E-state index in [0.717, 1.165) is 18.8 Å². The number of rotatable bonds is 8. The molecule has 6 unspecified atom stereocenters. The number of hydrogen-bond donors (Lipinski definition) is 1. The van der Waals surface area contributed by atoms with Gasteiger partial charge in [-0.05, 0) is 63.3 Å². The van der Waals surface area contributed by atoms with Crippen LogP contribution in [0.15, 0.2) is 46.3 Å². The summed E-state index contributed by atoms with van der Waals surface area (Å²) in [4.78, 5) is 0. The van der Waals surface area contributed by atoms with Gasteiger partial charge in [0.1, 0.15) is 11.9 Å². The van der Waals surface area contributed by atoms with E-state index in [2.05, 4.69) is 45.9 Å². The van der Waals surface area contributed by atoms with Crippen molar-refractivity contribution in [1.82, 2.24) is 0 Å². The first kappa shape index (κ1) is 21.4. The van der Waals surface area contributed by atoms with Crippen LogP contribution in [0.2, 0.25) is 0 Å². The van der Waals surface area contributed by atoms with Gasteiger partial charge >= 0.3 is 0 Å². The molecule has 4 nitrogen and oxygen atoms in total. The molecule has 3 aliphatic rings. The normalized spacial score (nSPS) is 32.3. The lowest BCUT2D eigenvalue weighted by Crippen LogP contribution is -2.28. The molecule has 1 saturated heterocycles. The minimum atomic E-state index is -0.347. The predicted molar refractivity (Wildman–Crippen MR) is 112 cm³/mol. The lowest BCUT2D eigenvalue weighted by molar-refractivity contribution is 0.0428. The van der Waals surface area contributed by atoms with Crippen LogP contribution in [0.3, 0.4) is 0 Å². The fourth-order valence-corrected chi connectivity index (χ4v) is 4.42. The van der Waals surface area contributed by atoms with E-state index in [0.29, 0.717) is 31.0 Å². The average Bonchev–Trinajstić information content (AvgIpc) is 3.40. The third-order valence-corrected chi connectivity index (χ3v) is 5.78. The third-order valence-electron chi connectivity index (χ3n) is 5.78. The second-order valence-electron chi connectivity index (χ2n) is 8.91. The summed E-state index contributed by atoms with van der Waals surface area (Å²) < 4.78 is 17.5. The van der Waals surface area contributed by atoms with Crippen molar-refractivity contribution in [3.05, 3.63) is 46.3 Å². The SMILES string of the molecule is CC1=CC(C2=CC(C)C(OCC3CO3)C(C)=C2)CC(C)=C1OC(C)CC(C)O. The zero-order chi connectivity index (χ0) is 20.4. The molecule has 1 aliphatic heterocycles. The fraction of sp³-hybridized carbons (Fsp3) is 0.667. The van der Waals surface area contributed by atoms with Crippen molar-refractivity contribution in [3.63, 3.8) is 0 Å². The Morgan fingerprint density at radius 1 is 1.21 bits per heavy atom. The second-order valence-corrected chi connectivity index (χ2v) is 8.91. The van der Waals surface area contributed by atoms with E-state index in [9.17, 15) is 5.11 Å². The molecule has 6 atom stereocenters. The number of epoxide rings is 1. The lowest BCUT2D eigenvalue weighted by Gasteiger charge is -2.32. The van der Waals surface area contributed by atoms with Gasteiger partial charge in [0.05, 0.1) is 31.5 Å². The van der Waals surface area contributed by atoms with Crippen LogP contribution in [-0.2, 0) is 14.2 Å². The van der Waals surface area contributed by atoms with Gasteiger partial charge in [-0.2, -0.15) is 0 Å². The van der Waals surface area contributed by atoms with E-state index in [1.54, 1.807) is 6.92 Å². The minimum Gasteiger partial charge on any atom is -0.490 e. The summed E-state index contributed by atoms with van der Waals surface area (Å²) in [7, 11) is 0. The van der Waals surface area contributed by atoms with Crippen LogP contribution in [0, 0.1) is 11.8 Å². The molecule has 156 valence electrons. The predicted octanol–water partition coefficient (Wildman–Crippen LogP) is 4.71. The van der Waals surface area contributed by atoms with Gasteiger partial charge in [0.25, 0.3) is 0 Å². The molecule has 2 aliphatic carbocycles. The van der Waals surface area contributed by atoms with E-state index in [1.165, 1.54) is 22.3 Å². The van der Waals surface area contributed by atoms with Crippen molar-refractivity contribution in [2.75, 3.05) is 13.2 Å². The van der Waals surface area contributed by atoms with Crippen molar-refractivity contribution in [1.29, 1.82) is 0 Å². The number of aliphatic hydroxyl groups excluding tert-OH is 1. The summed E-state index contributed by atoms with van der Waals surface area (Å²) in [5.41, 5.74) is 5.15. The van der Waals surface area contributed by atoms with Crippen LogP contribution in [0.25, 0.3) is 0 Å². The van der Waals surface area contributed by atoms with Crippen LogP contribution >= 0.6 is 0 Å². The molecule has 1 N–H and O–H groups in total. The maximum atomic E-state index is 9.60. The Labute approximate surface area is 169 Å². The molecule has 1 fully saturated rings. The Bertz CT molecular complexity index is 693. The first-order valence-electron chi connectivity index (χ1n) is 10.6. The van der Waals surface area contributed by atoms with Crippen molar-refractivity contribution in [3.8, 4) is 0 Å².